The van der Waals surface area contributed by atoms with Crippen LogP contribution < -0.4 is 5.01 Å². The van der Waals surface area contributed by atoms with Crippen LogP contribution in [-0.2, 0) is 11.2 Å². The van der Waals surface area contributed by atoms with Crippen molar-refractivity contribution >= 4 is 29.4 Å². The summed E-state index contributed by atoms with van der Waals surface area (Å²) in [7, 11) is 0. The molecule has 0 fully saturated rings. The summed E-state index contributed by atoms with van der Waals surface area (Å²) in [5.41, 5.74) is 3.82. The van der Waals surface area contributed by atoms with Gasteiger partial charge in [0.05, 0.1) is 22.5 Å². The van der Waals surface area contributed by atoms with Gasteiger partial charge < -0.3 is 5.11 Å². The minimum atomic E-state index is -1.04. The van der Waals surface area contributed by atoms with Crippen LogP contribution in [0, 0.1) is 0 Å². The molecule has 0 unspecified atom stereocenters. The maximum absolute atomic E-state index is 12.7. The molecule has 0 atom stereocenters. The molecule has 3 rings (SSSR count). The Labute approximate surface area is 145 Å². The number of nitrogens with zero attached hydrogens (tertiary/aromatic N) is 2. The number of amides is 1. The summed E-state index contributed by atoms with van der Waals surface area (Å²) < 4.78 is 0. The zero-order valence-corrected chi connectivity index (χ0v) is 14.1. The fourth-order valence-corrected chi connectivity index (χ4v) is 2.65. The molecule has 0 saturated heterocycles. The van der Waals surface area contributed by atoms with Crippen molar-refractivity contribution in [1.29, 1.82) is 0 Å². The molecule has 0 aliphatic carbocycles. The van der Waals surface area contributed by atoms with E-state index in [1.807, 2.05) is 30.3 Å². The number of rotatable bonds is 4. The van der Waals surface area contributed by atoms with Gasteiger partial charge in [-0.3, -0.25) is 4.79 Å². The Hall–Kier alpha value is -3.21. The Bertz CT molecular complexity index is 895. The van der Waals surface area contributed by atoms with Crippen LogP contribution in [-0.4, -0.2) is 22.7 Å². The molecule has 0 bridgehead atoms. The topological polar surface area (TPSA) is 70.0 Å². The van der Waals surface area contributed by atoms with E-state index in [0.717, 1.165) is 12.0 Å². The quantitative estimate of drug-likeness (QED) is 0.866. The molecule has 1 aliphatic heterocycles. The SMILES string of the molecule is CCc1ccc(C=C2C(=O)N(c3cccc(C(=O)O)c3)N=C2C)cc1. The lowest BCUT2D eigenvalue weighted by atomic mass is 10.0. The second kappa shape index (κ2) is 6.73. The maximum Gasteiger partial charge on any atom is 0.335 e. The van der Waals surface area contributed by atoms with Crippen LogP contribution in [0.5, 0.6) is 0 Å². The van der Waals surface area contributed by atoms with Gasteiger partial charge in [0, 0.05) is 0 Å². The molecule has 5 heteroatoms. The van der Waals surface area contributed by atoms with Gasteiger partial charge in [-0.05, 0) is 48.7 Å². The van der Waals surface area contributed by atoms with Gasteiger partial charge in [-0.25, -0.2) is 4.79 Å². The molecule has 1 heterocycles. The number of carboxylic acid groups (broad SMARTS) is 1. The Kier molecular flexibility index (Phi) is 4.48. The predicted octanol–water partition coefficient (Wildman–Crippen LogP) is 3.75. The van der Waals surface area contributed by atoms with Crippen LogP contribution >= 0.6 is 0 Å². The third-order valence-electron chi connectivity index (χ3n) is 4.10. The van der Waals surface area contributed by atoms with E-state index in [4.69, 9.17) is 5.11 Å². The summed E-state index contributed by atoms with van der Waals surface area (Å²) >= 11 is 0. The monoisotopic (exact) mass is 334 g/mol. The van der Waals surface area contributed by atoms with Crippen molar-refractivity contribution in [1.82, 2.24) is 0 Å². The number of carbonyl (C=O) groups is 2. The summed E-state index contributed by atoms with van der Waals surface area (Å²) in [4.78, 5) is 23.8. The van der Waals surface area contributed by atoms with Crippen LogP contribution in [0.4, 0.5) is 5.69 Å². The third-order valence-corrected chi connectivity index (χ3v) is 4.10. The fraction of sp³-hybridized carbons (Fsp3) is 0.150. The van der Waals surface area contributed by atoms with E-state index < -0.39 is 5.97 Å². The van der Waals surface area contributed by atoms with Crippen LogP contribution in [0.3, 0.4) is 0 Å². The molecule has 25 heavy (non-hydrogen) atoms. The number of carbonyl (C=O) groups excluding carboxylic acids is 1. The van der Waals surface area contributed by atoms with Crippen molar-refractivity contribution in [3.63, 3.8) is 0 Å². The second-order valence-electron chi connectivity index (χ2n) is 5.81. The number of benzene rings is 2. The fourth-order valence-electron chi connectivity index (χ4n) is 2.65. The van der Waals surface area contributed by atoms with E-state index in [2.05, 4.69) is 12.0 Å². The normalized spacial score (nSPS) is 15.6. The van der Waals surface area contributed by atoms with Gasteiger partial charge in [0.1, 0.15) is 0 Å². The van der Waals surface area contributed by atoms with Gasteiger partial charge in [-0.2, -0.15) is 10.1 Å². The molecule has 0 saturated carbocycles. The Morgan fingerprint density at radius 3 is 2.56 bits per heavy atom. The van der Waals surface area contributed by atoms with E-state index in [1.54, 1.807) is 19.1 Å². The highest BCUT2D eigenvalue weighted by Gasteiger charge is 2.29. The number of aryl methyl sites for hydroxylation is 1. The molecular weight excluding hydrogens is 316 g/mol. The van der Waals surface area contributed by atoms with E-state index >= 15 is 0 Å². The molecule has 1 aliphatic rings. The predicted molar refractivity (Wildman–Crippen MR) is 97.8 cm³/mol. The van der Waals surface area contributed by atoms with Crippen molar-refractivity contribution in [3.8, 4) is 0 Å². The average Bonchev–Trinajstić information content (AvgIpc) is 2.90. The highest BCUT2D eigenvalue weighted by molar-refractivity contribution is 6.32. The standard InChI is InChI=1S/C20H18N2O3/c1-3-14-7-9-15(10-8-14)11-18-13(2)21-22(19(18)23)17-6-4-5-16(12-17)20(24)25/h4-12H,3H2,1-2H3,(H,24,25). The summed E-state index contributed by atoms with van der Waals surface area (Å²) in [6.45, 7) is 3.86. The smallest absolute Gasteiger partial charge is 0.335 e. The molecule has 126 valence electrons. The number of carboxylic acids is 1. The highest BCUT2D eigenvalue weighted by atomic mass is 16.4. The molecule has 2 aromatic carbocycles. The molecule has 2 aromatic rings. The first-order valence-corrected chi connectivity index (χ1v) is 8.03. The van der Waals surface area contributed by atoms with E-state index in [9.17, 15) is 9.59 Å². The van der Waals surface area contributed by atoms with Gasteiger partial charge in [0.25, 0.3) is 5.91 Å². The first kappa shape index (κ1) is 16.6. The first-order valence-electron chi connectivity index (χ1n) is 8.03. The minimum Gasteiger partial charge on any atom is -0.478 e. The average molecular weight is 334 g/mol. The summed E-state index contributed by atoms with van der Waals surface area (Å²) in [6.07, 6.45) is 2.77. The molecule has 0 radical (unpaired) electrons. The number of anilines is 1. The van der Waals surface area contributed by atoms with Crippen LogP contribution in [0.15, 0.2) is 59.2 Å². The highest BCUT2D eigenvalue weighted by Crippen LogP contribution is 2.25. The first-order chi connectivity index (χ1) is 12.0. The van der Waals surface area contributed by atoms with Crippen LogP contribution in [0.2, 0.25) is 0 Å². The number of hydrazone groups is 1. The molecule has 0 spiro atoms. The van der Waals surface area contributed by atoms with Crippen molar-refractivity contribution in [2.45, 2.75) is 20.3 Å². The van der Waals surface area contributed by atoms with Crippen LogP contribution in [0.25, 0.3) is 6.08 Å². The molecule has 5 nitrogen and oxygen atoms in total. The van der Waals surface area contributed by atoms with Crippen LogP contribution in [0.1, 0.15) is 35.3 Å². The molecule has 0 aromatic heterocycles. The molecular formula is C20H18N2O3. The van der Waals surface area contributed by atoms with E-state index in [-0.39, 0.29) is 11.5 Å². The Morgan fingerprint density at radius 2 is 1.92 bits per heavy atom. The van der Waals surface area contributed by atoms with Crippen molar-refractivity contribution in [2.24, 2.45) is 5.10 Å². The Balaban J connectivity index is 1.91. The maximum atomic E-state index is 12.7. The Morgan fingerprint density at radius 1 is 1.20 bits per heavy atom. The molecule has 1 N–H and O–H groups in total. The summed E-state index contributed by atoms with van der Waals surface area (Å²) in [6, 6.07) is 14.2. The number of hydrogen-bond acceptors (Lipinski definition) is 3. The van der Waals surface area contributed by atoms with E-state index in [0.29, 0.717) is 17.0 Å². The third kappa shape index (κ3) is 3.35. The van der Waals surface area contributed by atoms with Crippen molar-refractivity contribution in [2.75, 3.05) is 5.01 Å². The lowest BCUT2D eigenvalue weighted by Crippen LogP contribution is -2.21. The van der Waals surface area contributed by atoms with Crippen molar-refractivity contribution in [3.05, 3.63) is 70.8 Å². The number of aromatic carboxylic acids is 1. The zero-order chi connectivity index (χ0) is 18.0. The van der Waals surface area contributed by atoms with Gasteiger partial charge >= 0.3 is 5.97 Å². The van der Waals surface area contributed by atoms with Gasteiger partial charge in [0.2, 0.25) is 0 Å². The van der Waals surface area contributed by atoms with Gasteiger partial charge in [-0.15, -0.1) is 0 Å². The lowest BCUT2D eigenvalue weighted by molar-refractivity contribution is -0.114. The summed E-state index contributed by atoms with van der Waals surface area (Å²) in [5.74, 6) is -1.31. The largest absolute Gasteiger partial charge is 0.478 e. The van der Waals surface area contributed by atoms with Gasteiger partial charge in [-0.1, -0.05) is 37.3 Å². The lowest BCUT2D eigenvalue weighted by Gasteiger charge is -2.12. The minimum absolute atomic E-state index is 0.116. The van der Waals surface area contributed by atoms with Crippen molar-refractivity contribution < 1.29 is 14.7 Å². The number of hydrogen-bond donors (Lipinski definition) is 1. The molecule has 1 amide bonds. The zero-order valence-electron chi connectivity index (χ0n) is 14.1. The summed E-state index contributed by atoms with van der Waals surface area (Å²) in [5, 5.41) is 14.6. The van der Waals surface area contributed by atoms with E-state index in [1.165, 1.54) is 22.7 Å². The second-order valence-corrected chi connectivity index (χ2v) is 5.81. The van der Waals surface area contributed by atoms with Gasteiger partial charge in [0.15, 0.2) is 0 Å².